The molecule has 0 saturated heterocycles. The molecule has 1 amide bonds. The van der Waals surface area contributed by atoms with E-state index in [9.17, 15) is 4.79 Å². The molecule has 29 heavy (non-hydrogen) atoms. The molecule has 0 bridgehead atoms. The third-order valence-corrected chi connectivity index (χ3v) is 5.02. The lowest BCUT2D eigenvalue weighted by molar-refractivity contribution is 0.102. The average Bonchev–Trinajstić information content (AvgIpc) is 3.40. The predicted octanol–water partition coefficient (Wildman–Crippen LogP) is 4.36. The van der Waals surface area contributed by atoms with Crippen molar-refractivity contribution in [3.63, 3.8) is 0 Å². The van der Waals surface area contributed by atoms with Crippen LogP contribution in [0.5, 0.6) is 11.5 Å². The Morgan fingerprint density at radius 3 is 2.52 bits per heavy atom. The molecule has 1 aliphatic rings. The number of ether oxygens (including phenoxy) is 2. The second-order valence-electron chi connectivity index (χ2n) is 7.17. The molecular weight excluding hydrogens is 368 g/mol. The molecule has 7 heteroatoms. The lowest BCUT2D eigenvalue weighted by Crippen LogP contribution is -2.14. The molecule has 1 heterocycles. The topological polar surface area (TPSA) is 89.1 Å². The number of methoxy groups -OCH3 is 1. The van der Waals surface area contributed by atoms with Gasteiger partial charge in [0.1, 0.15) is 5.82 Å². The van der Waals surface area contributed by atoms with Gasteiger partial charge in [-0.2, -0.15) is 5.10 Å². The van der Waals surface area contributed by atoms with Gasteiger partial charge in [-0.1, -0.05) is 0 Å². The second kappa shape index (κ2) is 8.34. The van der Waals surface area contributed by atoms with E-state index in [1.165, 1.54) is 12.8 Å². The highest BCUT2D eigenvalue weighted by Crippen LogP contribution is 2.32. The van der Waals surface area contributed by atoms with E-state index < -0.39 is 0 Å². The zero-order valence-electron chi connectivity index (χ0n) is 16.6. The van der Waals surface area contributed by atoms with Crippen LogP contribution in [0.4, 0.5) is 5.69 Å². The molecule has 1 aliphatic carbocycles. The van der Waals surface area contributed by atoms with Crippen molar-refractivity contribution < 1.29 is 14.3 Å². The molecule has 0 atom stereocenters. The van der Waals surface area contributed by atoms with Crippen LogP contribution in [-0.2, 0) is 0 Å². The Kier molecular flexibility index (Phi) is 5.46. The highest BCUT2D eigenvalue weighted by Gasteiger charge is 2.19. The fourth-order valence-corrected chi connectivity index (χ4v) is 3.47. The van der Waals surface area contributed by atoms with Gasteiger partial charge >= 0.3 is 0 Å². The zero-order chi connectivity index (χ0) is 20.2. The molecule has 0 radical (unpaired) electrons. The van der Waals surface area contributed by atoms with Gasteiger partial charge in [-0.25, -0.2) is 4.98 Å². The van der Waals surface area contributed by atoms with Gasteiger partial charge in [-0.05, 0) is 75.1 Å². The van der Waals surface area contributed by atoms with E-state index in [0.717, 1.165) is 24.2 Å². The van der Waals surface area contributed by atoms with Crippen LogP contribution in [0.25, 0.3) is 11.4 Å². The van der Waals surface area contributed by atoms with E-state index in [1.54, 1.807) is 25.3 Å². The minimum atomic E-state index is -0.211. The van der Waals surface area contributed by atoms with Gasteiger partial charge < -0.3 is 14.8 Å². The molecule has 2 N–H and O–H groups in total. The molecular formula is C22H24N4O3. The first-order chi connectivity index (χ1) is 14.1. The summed E-state index contributed by atoms with van der Waals surface area (Å²) in [5.74, 6) is 2.42. The largest absolute Gasteiger partial charge is 0.493 e. The molecule has 0 spiro atoms. The van der Waals surface area contributed by atoms with Crippen LogP contribution in [0, 0.1) is 6.92 Å². The average molecular weight is 392 g/mol. The molecule has 3 aromatic rings. The number of nitrogens with one attached hydrogen (secondary N) is 2. The summed E-state index contributed by atoms with van der Waals surface area (Å²) in [4.78, 5) is 17.0. The fraction of sp³-hybridized carbons (Fsp3) is 0.318. The monoisotopic (exact) mass is 392 g/mol. The number of hydrogen-bond donors (Lipinski definition) is 2. The molecule has 7 nitrogen and oxygen atoms in total. The summed E-state index contributed by atoms with van der Waals surface area (Å²) in [7, 11) is 1.59. The number of carbonyl (C=O) groups is 1. The Hall–Kier alpha value is -3.35. The number of benzene rings is 2. The number of amides is 1. The van der Waals surface area contributed by atoms with E-state index in [2.05, 4.69) is 20.5 Å². The van der Waals surface area contributed by atoms with Crippen molar-refractivity contribution in [3.8, 4) is 22.9 Å². The van der Waals surface area contributed by atoms with Crippen molar-refractivity contribution in [3.05, 3.63) is 53.9 Å². The van der Waals surface area contributed by atoms with Crippen molar-refractivity contribution in [2.24, 2.45) is 0 Å². The van der Waals surface area contributed by atoms with Gasteiger partial charge in [0.05, 0.1) is 13.2 Å². The highest BCUT2D eigenvalue weighted by molar-refractivity contribution is 6.04. The fourth-order valence-electron chi connectivity index (χ4n) is 3.47. The standard InChI is InChI=1S/C22H24N4O3/c1-14-23-21(26-25-14)15-7-10-17(11-8-15)24-22(27)16-9-12-19(20(13-16)28-2)29-18-5-3-4-6-18/h7-13,18H,3-6H2,1-2H3,(H,24,27)(H,23,25,26). The van der Waals surface area contributed by atoms with E-state index in [0.29, 0.717) is 28.6 Å². The highest BCUT2D eigenvalue weighted by atomic mass is 16.5. The van der Waals surface area contributed by atoms with E-state index in [4.69, 9.17) is 9.47 Å². The van der Waals surface area contributed by atoms with Crippen LogP contribution >= 0.6 is 0 Å². The van der Waals surface area contributed by atoms with Crippen molar-refractivity contribution in [2.45, 2.75) is 38.7 Å². The smallest absolute Gasteiger partial charge is 0.255 e. The van der Waals surface area contributed by atoms with E-state index in [-0.39, 0.29) is 12.0 Å². The minimum absolute atomic E-state index is 0.211. The summed E-state index contributed by atoms with van der Waals surface area (Å²) in [6.45, 7) is 1.85. The van der Waals surface area contributed by atoms with E-state index in [1.807, 2.05) is 31.2 Å². The van der Waals surface area contributed by atoms with Crippen molar-refractivity contribution in [1.29, 1.82) is 0 Å². The molecule has 2 aromatic carbocycles. The molecule has 1 aromatic heterocycles. The number of aryl methyl sites for hydroxylation is 1. The summed E-state index contributed by atoms with van der Waals surface area (Å²) in [6.07, 6.45) is 4.75. The van der Waals surface area contributed by atoms with Crippen LogP contribution in [0.1, 0.15) is 41.9 Å². The van der Waals surface area contributed by atoms with Crippen LogP contribution in [-0.4, -0.2) is 34.3 Å². The molecule has 4 rings (SSSR count). The normalized spacial score (nSPS) is 14.0. The molecule has 150 valence electrons. The van der Waals surface area contributed by atoms with Crippen LogP contribution in [0.15, 0.2) is 42.5 Å². The Balaban J connectivity index is 1.45. The predicted molar refractivity (Wildman–Crippen MR) is 110 cm³/mol. The summed E-state index contributed by atoms with van der Waals surface area (Å²) in [6, 6.07) is 12.7. The number of rotatable bonds is 6. The summed E-state index contributed by atoms with van der Waals surface area (Å²) in [5.41, 5.74) is 2.08. The second-order valence-corrected chi connectivity index (χ2v) is 7.17. The third-order valence-electron chi connectivity index (χ3n) is 5.02. The first-order valence-electron chi connectivity index (χ1n) is 9.78. The Bertz CT molecular complexity index is 992. The lowest BCUT2D eigenvalue weighted by atomic mass is 10.1. The van der Waals surface area contributed by atoms with E-state index >= 15 is 0 Å². The van der Waals surface area contributed by atoms with Gasteiger partial charge in [0.25, 0.3) is 5.91 Å². The maximum atomic E-state index is 12.7. The molecule has 0 unspecified atom stereocenters. The number of anilines is 1. The number of carbonyl (C=O) groups excluding carboxylic acids is 1. The maximum absolute atomic E-state index is 12.7. The first-order valence-corrected chi connectivity index (χ1v) is 9.78. The number of aromatic nitrogens is 3. The lowest BCUT2D eigenvalue weighted by Gasteiger charge is -2.16. The number of hydrogen-bond acceptors (Lipinski definition) is 5. The van der Waals surface area contributed by atoms with Gasteiger partial charge in [0.15, 0.2) is 17.3 Å². The Labute approximate surface area is 169 Å². The summed E-state index contributed by atoms with van der Waals surface area (Å²) < 4.78 is 11.5. The maximum Gasteiger partial charge on any atom is 0.255 e. The zero-order valence-corrected chi connectivity index (χ0v) is 16.6. The minimum Gasteiger partial charge on any atom is -0.493 e. The Morgan fingerprint density at radius 1 is 1.10 bits per heavy atom. The van der Waals surface area contributed by atoms with Crippen molar-refractivity contribution in [2.75, 3.05) is 12.4 Å². The summed E-state index contributed by atoms with van der Waals surface area (Å²) >= 11 is 0. The number of H-pyrrole nitrogens is 1. The molecule has 1 saturated carbocycles. The molecule has 0 aliphatic heterocycles. The van der Waals surface area contributed by atoms with Crippen LogP contribution in [0.3, 0.4) is 0 Å². The van der Waals surface area contributed by atoms with Crippen LogP contribution in [0.2, 0.25) is 0 Å². The summed E-state index contributed by atoms with van der Waals surface area (Å²) in [5, 5.41) is 9.86. The van der Waals surface area contributed by atoms with Crippen LogP contribution < -0.4 is 14.8 Å². The quantitative estimate of drug-likeness (QED) is 0.650. The van der Waals surface area contributed by atoms with Gasteiger partial charge in [0, 0.05) is 16.8 Å². The SMILES string of the molecule is COc1cc(C(=O)Nc2ccc(-c3n[nH]c(C)n3)cc2)ccc1OC1CCCC1. The van der Waals surface area contributed by atoms with Gasteiger partial charge in [0.2, 0.25) is 0 Å². The van der Waals surface area contributed by atoms with Gasteiger partial charge in [-0.3, -0.25) is 9.89 Å². The Morgan fingerprint density at radius 2 is 1.86 bits per heavy atom. The third kappa shape index (κ3) is 4.39. The number of nitrogens with zero attached hydrogens (tertiary/aromatic N) is 2. The van der Waals surface area contributed by atoms with Gasteiger partial charge in [-0.15, -0.1) is 0 Å². The number of aromatic amines is 1. The van der Waals surface area contributed by atoms with Crippen molar-refractivity contribution >= 4 is 11.6 Å². The molecule has 1 fully saturated rings. The van der Waals surface area contributed by atoms with Crippen molar-refractivity contribution in [1.82, 2.24) is 15.2 Å². The first kappa shape index (κ1) is 19.0.